The molecule has 2 aromatic rings. The first kappa shape index (κ1) is 18.3. The normalized spacial score (nSPS) is 11.7. The molecular formula is C17H20ClN3O2S. The Balaban J connectivity index is 2.59. The molecule has 0 aliphatic heterocycles. The summed E-state index contributed by atoms with van der Waals surface area (Å²) in [6.07, 6.45) is 2.82. The summed E-state index contributed by atoms with van der Waals surface area (Å²) in [6.45, 7) is 1.83. The van der Waals surface area contributed by atoms with E-state index in [0.29, 0.717) is 22.1 Å². The van der Waals surface area contributed by atoms with Gasteiger partial charge < -0.3 is 4.90 Å². The molecule has 5 nitrogen and oxygen atoms in total. The van der Waals surface area contributed by atoms with Gasteiger partial charge in [-0.15, -0.1) is 0 Å². The minimum atomic E-state index is -3.52. The minimum Gasteiger partial charge on any atom is -0.369 e. The number of anilines is 2. The van der Waals surface area contributed by atoms with Gasteiger partial charge in [0.25, 0.3) is 0 Å². The molecule has 0 radical (unpaired) electrons. The molecule has 0 aliphatic rings. The molecule has 0 atom stereocenters. The third kappa shape index (κ3) is 4.27. The number of benzene rings is 2. The van der Waals surface area contributed by atoms with Gasteiger partial charge >= 0.3 is 0 Å². The van der Waals surface area contributed by atoms with Gasteiger partial charge in [0.15, 0.2) is 0 Å². The lowest BCUT2D eigenvalue weighted by atomic mass is 10.1. The van der Waals surface area contributed by atoms with E-state index in [4.69, 9.17) is 11.6 Å². The molecule has 128 valence electrons. The van der Waals surface area contributed by atoms with E-state index in [2.05, 4.69) is 4.99 Å². The maximum atomic E-state index is 12.3. The van der Waals surface area contributed by atoms with Gasteiger partial charge in [0.1, 0.15) is 0 Å². The molecule has 2 aromatic carbocycles. The van der Waals surface area contributed by atoms with E-state index in [1.807, 2.05) is 27.1 Å². The van der Waals surface area contributed by atoms with Crippen LogP contribution in [0, 0.1) is 6.92 Å². The number of aliphatic imine (C=N–C) groups is 1. The second kappa shape index (κ2) is 7.23. The van der Waals surface area contributed by atoms with Crippen molar-refractivity contribution in [3.05, 3.63) is 53.1 Å². The molecule has 0 bridgehead atoms. The van der Waals surface area contributed by atoms with E-state index < -0.39 is 10.0 Å². The first-order valence-corrected chi connectivity index (χ1v) is 9.49. The average molecular weight is 366 g/mol. The Hall–Kier alpha value is -2.05. The largest absolute Gasteiger partial charge is 0.369 e. The first-order valence-electron chi connectivity index (χ1n) is 7.26. The van der Waals surface area contributed by atoms with Crippen LogP contribution in [0.4, 0.5) is 17.1 Å². The lowest BCUT2D eigenvalue weighted by molar-refractivity contribution is 0.602. The Bertz CT molecular complexity index is 850. The Morgan fingerprint density at radius 1 is 1.12 bits per heavy atom. The van der Waals surface area contributed by atoms with Crippen LogP contribution in [0.5, 0.6) is 0 Å². The summed E-state index contributed by atoms with van der Waals surface area (Å²) >= 11 is 6.31. The van der Waals surface area contributed by atoms with Crippen molar-refractivity contribution in [1.29, 1.82) is 0 Å². The molecule has 0 amide bonds. The van der Waals surface area contributed by atoms with Crippen LogP contribution in [0.25, 0.3) is 0 Å². The molecule has 2 rings (SSSR count). The molecule has 0 aromatic heterocycles. The molecule has 24 heavy (non-hydrogen) atoms. The zero-order valence-electron chi connectivity index (χ0n) is 14.1. The van der Waals surface area contributed by atoms with Crippen LogP contribution in [0.3, 0.4) is 0 Å². The zero-order chi connectivity index (χ0) is 17.9. The third-order valence-corrected chi connectivity index (χ3v) is 4.61. The summed E-state index contributed by atoms with van der Waals surface area (Å²) in [5.74, 6) is 0. The van der Waals surface area contributed by atoms with Crippen molar-refractivity contribution in [2.75, 3.05) is 24.7 Å². The molecule has 0 aliphatic carbocycles. The smallest absolute Gasteiger partial charge is 0.236 e. The SMILES string of the molecule is Cc1cc(N=CN(C)C)c(Cl)cc1N(c1ccccc1)S(C)(=O)=O. The van der Waals surface area contributed by atoms with Crippen molar-refractivity contribution >= 4 is 45.0 Å². The fourth-order valence-corrected chi connectivity index (χ4v) is 3.49. The number of halogens is 1. The van der Waals surface area contributed by atoms with Crippen molar-refractivity contribution < 1.29 is 8.42 Å². The maximum absolute atomic E-state index is 12.3. The monoisotopic (exact) mass is 365 g/mol. The van der Waals surface area contributed by atoms with Gasteiger partial charge in [-0.25, -0.2) is 17.7 Å². The highest BCUT2D eigenvalue weighted by atomic mass is 35.5. The van der Waals surface area contributed by atoms with E-state index in [9.17, 15) is 8.42 Å². The second-order valence-electron chi connectivity index (χ2n) is 5.66. The van der Waals surface area contributed by atoms with Crippen LogP contribution >= 0.6 is 11.6 Å². The topological polar surface area (TPSA) is 53.0 Å². The highest BCUT2D eigenvalue weighted by molar-refractivity contribution is 7.92. The third-order valence-electron chi connectivity index (χ3n) is 3.23. The van der Waals surface area contributed by atoms with Gasteiger partial charge in [-0.05, 0) is 36.8 Å². The lowest BCUT2D eigenvalue weighted by Gasteiger charge is -2.24. The predicted octanol–water partition coefficient (Wildman–Crippen LogP) is 3.97. The van der Waals surface area contributed by atoms with Crippen LogP contribution in [0.15, 0.2) is 47.5 Å². The van der Waals surface area contributed by atoms with E-state index in [1.165, 1.54) is 10.6 Å². The Morgan fingerprint density at radius 3 is 2.29 bits per heavy atom. The average Bonchev–Trinajstić information content (AvgIpc) is 2.49. The van der Waals surface area contributed by atoms with Crippen molar-refractivity contribution in [3.63, 3.8) is 0 Å². The van der Waals surface area contributed by atoms with E-state index in [1.54, 1.807) is 47.6 Å². The summed E-state index contributed by atoms with van der Waals surface area (Å²) in [7, 11) is 0.200. The van der Waals surface area contributed by atoms with Gasteiger partial charge in [-0.2, -0.15) is 0 Å². The molecule has 0 unspecified atom stereocenters. The van der Waals surface area contributed by atoms with Crippen LogP contribution < -0.4 is 4.31 Å². The fourth-order valence-electron chi connectivity index (χ4n) is 2.22. The molecule has 0 N–H and O–H groups in total. The Kier molecular flexibility index (Phi) is 5.51. The number of hydrogen-bond acceptors (Lipinski definition) is 3. The van der Waals surface area contributed by atoms with Crippen molar-refractivity contribution in [1.82, 2.24) is 4.90 Å². The number of hydrogen-bond donors (Lipinski definition) is 0. The van der Waals surface area contributed by atoms with Gasteiger partial charge in [0.05, 0.1) is 34.7 Å². The van der Waals surface area contributed by atoms with Crippen LogP contribution in [0.1, 0.15) is 5.56 Å². The highest BCUT2D eigenvalue weighted by Crippen LogP contribution is 2.37. The van der Waals surface area contributed by atoms with Crippen molar-refractivity contribution in [2.45, 2.75) is 6.92 Å². The molecule has 0 saturated carbocycles. The molecule has 0 saturated heterocycles. The zero-order valence-corrected chi connectivity index (χ0v) is 15.6. The fraction of sp³-hybridized carbons (Fsp3) is 0.235. The number of para-hydroxylation sites is 1. The maximum Gasteiger partial charge on any atom is 0.236 e. The Morgan fingerprint density at radius 2 is 1.75 bits per heavy atom. The quantitative estimate of drug-likeness (QED) is 0.595. The van der Waals surface area contributed by atoms with Gasteiger partial charge in [0, 0.05) is 14.1 Å². The summed E-state index contributed by atoms with van der Waals surface area (Å²) in [6, 6.07) is 12.3. The summed E-state index contributed by atoms with van der Waals surface area (Å²) in [4.78, 5) is 6.10. The minimum absolute atomic E-state index is 0.387. The van der Waals surface area contributed by atoms with Gasteiger partial charge in [-0.1, -0.05) is 29.8 Å². The first-order chi connectivity index (χ1) is 11.2. The summed E-state index contributed by atoms with van der Waals surface area (Å²) in [5, 5.41) is 0.387. The van der Waals surface area contributed by atoms with Gasteiger partial charge in [0.2, 0.25) is 10.0 Å². The molecule has 0 spiro atoms. The van der Waals surface area contributed by atoms with Crippen LogP contribution in [-0.4, -0.2) is 40.0 Å². The predicted molar refractivity (Wildman–Crippen MR) is 101 cm³/mol. The Labute approximate surface area is 148 Å². The molecular weight excluding hydrogens is 346 g/mol. The molecule has 0 heterocycles. The summed E-state index contributed by atoms with van der Waals surface area (Å²) in [5.41, 5.74) is 2.42. The molecule has 0 fully saturated rings. The van der Waals surface area contributed by atoms with E-state index in [-0.39, 0.29) is 0 Å². The standard InChI is InChI=1S/C17H20ClN3O2S/c1-13-10-16(19-12-20(2)3)15(18)11-17(13)21(24(4,22)23)14-8-6-5-7-9-14/h5-12H,1-4H3. The van der Waals surface area contributed by atoms with Gasteiger partial charge in [-0.3, -0.25) is 0 Å². The molecule has 7 heteroatoms. The van der Waals surface area contributed by atoms with Crippen LogP contribution in [0.2, 0.25) is 5.02 Å². The number of sulfonamides is 1. The van der Waals surface area contributed by atoms with E-state index >= 15 is 0 Å². The number of aryl methyl sites for hydroxylation is 1. The number of nitrogens with zero attached hydrogens (tertiary/aromatic N) is 3. The van der Waals surface area contributed by atoms with E-state index in [0.717, 1.165) is 5.56 Å². The number of rotatable bonds is 5. The second-order valence-corrected chi connectivity index (χ2v) is 7.90. The van der Waals surface area contributed by atoms with Crippen LogP contribution in [-0.2, 0) is 10.0 Å². The van der Waals surface area contributed by atoms with Crippen molar-refractivity contribution in [3.8, 4) is 0 Å². The lowest BCUT2D eigenvalue weighted by Crippen LogP contribution is -2.25. The summed E-state index contributed by atoms with van der Waals surface area (Å²) < 4.78 is 26.0. The highest BCUT2D eigenvalue weighted by Gasteiger charge is 2.22. The van der Waals surface area contributed by atoms with Crippen molar-refractivity contribution in [2.24, 2.45) is 4.99 Å².